The molecule has 0 bridgehead atoms. The van der Waals surface area contributed by atoms with Gasteiger partial charge in [0.25, 0.3) is 0 Å². The standard InChI is InChI=1S/C16H13BrO3/c1-20-16(19)13-8-12(13)15(18)11-6-7-14(17)10-5-3-2-4-9(10)11/h2-7,12-13H,8H2,1H3/t12-,13-/m0/s1. The van der Waals surface area contributed by atoms with Gasteiger partial charge in [-0.2, -0.15) is 0 Å². The van der Waals surface area contributed by atoms with Crippen molar-refractivity contribution in [3.05, 3.63) is 46.4 Å². The van der Waals surface area contributed by atoms with Crippen molar-refractivity contribution in [2.24, 2.45) is 11.8 Å². The van der Waals surface area contributed by atoms with Crippen LogP contribution in [0.5, 0.6) is 0 Å². The van der Waals surface area contributed by atoms with Crippen molar-refractivity contribution in [2.45, 2.75) is 6.42 Å². The molecule has 2 atom stereocenters. The van der Waals surface area contributed by atoms with E-state index in [9.17, 15) is 9.59 Å². The van der Waals surface area contributed by atoms with Crippen molar-refractivity contribution in [2.75, 3.05) is 7.11 Å². The molecule has 4 heteroatoms. The van der Waals surface area contributed by atoms with Crippen LogP contribution in [0.3, 0.4) is 0 Å². The Hall–Kier alpha value is -1.68. The molecule has 0 radical (unpaired) electrons. The molecule has 2 aromatic rings. The molecule has 0 aromatic heterocycles. The fourth-order valence-corrected chi connectivity index (χ4v) is 3.05. The summed E-state index contributed by atoms with van der Waals surface area (Å²) in [4.78, 5) is 24.0. The summed E-state index contributed by atoms with van der Waals surface area (Å²) in [5, 5.41) is 1.93. The Labute approximate surface area is 125 Å². The van der Waals surface area contributed by atoms with E-state index in [1.54, 1.807) is 0 Å². The van der Waals surface area contributed by atoms with Crippen LogP contribution in [0.2, 0.25) is 0 Å². The first-order valence-corrected chi connectivity index (χ1v) is 7.22. The zero-order valence-electron chi connectivity index (χ0n) is 10.9. The Bertz CT molecular complexity index is 708. The van der Waals surface area contributed by atoms with E-state index in [4.69, 9.17) is 4.74 Å². The van der Waals surface area contributed by atoms with Crippen LogP contribution < -0.4 is 0 Å². The summed E-state index contributed by atoms with van der Waals surface area (Å²) >= 11 is 3.49. The van der Waals surface area contributed by atoms with Crippen LogP contribution in [-0.2, 0) is 9.53 Å². The summed E-state index contributed by atoms with van der Waals surface area (Å²) in [6.45, 7) is 0. The average molecular weight is 333 g/mol. The molecule has 20 heavy (non-hydrogen) atoms. The normalized spacial score (nSPS) is 20.7. The van der Waals surface area contributed by atoms with Crippen LogP contribution in [-0.4, -0.2) is 18.9 Å². The number of carbonyl (C=O) groups excluding carboxylic acids is 2. The summed E-state index contributed by atoms with van der Waals surface area (Å²) in [5.74, 6) is -0.754. The number of hydrogen-bond acceptors (Lipinski definition) is 3. The fraction of sp³-hybridized carbons (Fsp3) is 0.250. The topological polar surface area (TPSA) is 43.4 Å². The Kier molecular flexibility index (Phi) is 3.34. The fourth-order valence-electron chi connectivity index (χ4n) is 2.57. The van der Waals surface area contributed by atoms with E-state index in [0.29, 0.717) is 12.0 Å². The van der Waals surface area contributed by atoms with Crippen LogP contribution in [0.15, 0.2) is 40.9 Å². The van der Waals surface area contributed by atoms with Gasteiger partial charge < -0.3 is 4.74 Å². The van der Waals surface area contributed by atoms with Crippen LogP contribution in [0.1, 0.15) is 16.8 Å². The number of carbonyl (C=O) groups is 2. The Morgan fingerprint density at radius 2 is 1.80 bits per heavy atom. The van der Waals surface area contributed by atoms with Gasteiger partial charge in [0.15, 0.2) is 5.78 Å². The van der Waals surface area contributed by atoms with Crippen molar-refractivity contribution < 1.29 is 14.3 Å². The van der Waals surface area contributed by atoms with Crippen molar-refractivity contribution in [1.29, 1.82) is 0 Å². The third kappa shape index (κ3) is 2.14. The van der Waals surface area contributed by atoms with Gasteiger partial charge in [-0.1, -0.05) is 40.2 Å². The van der Waals surface area contributed by atoms with Gasteiger partial charge in [-0.15, -0.1) is 0 Å². The Balaban J connectivity index is 1.98. The lowest BCUT2D eigenvalue weighted by molar-refractivity contribution is -0.142. The summed E-state index contributed by atoms with van der Waals surface area (Å²) in [5.41, 5.74) is 0.681. The lowest BCUT2D eigenvalue weighted by atomic mass is 9.98. The van der Waals surface area contributed by atoms with Gasteiger partial charge in [0.1, 0.15) is 0 Å². The van der Waals surface area contributed by atoms with Gasteiger partial charge in [-0.05, 0) is 29.3 Å². The molecule has 0 heterocycles. The van der Waals surface area contributed by atoms with Gasteiger partial charge in [-0.25, -0.2) is 0 Å². The molecule has 0 aliphatic heterocycles. The quantitative estimate of drug-likeness (QED) is 0.637. The molecule has 2 aromatic carbocycles. The molecule has 0 spiro atoms. The largest absolute Gasteiger partial charge is 0.469 e. The predicted molar refractivity (Wildman–Crippen MR) is 79.6 cm³/mol. The third-order valence-corrected chi connectivity index (χ3v) is 4.46. The number of rotatable bonds is 3. The monoisotopic (exact) mass is 332 g/mol. The first-order chi connectivity index (χ1) is 9.63. The number of hydrogen-bond donors (Lipinski definition) is 0. The van der Waals surface area contributed by atoms with E-state index >= 15 is 0 Å². The van der Waals surface area contributed by atoms with Crippen molar-refractivity contribution in [3.63, 3.8) is 0 Å². The minimum atomic E-state index is -0.287. The zero-order valence-corrected chi connectivity index (χ0v) is 12.5. The molecule has 3 rings (SSSR count). The first kappa shape index (κ1) is 13.3. The summed E-state index contributed by atoms with van der Waals surface area (Å²) in [6, 6.07) is 11.5. The zero-order chi connectivity index (χ0) is 14.3. The maximum Gasteiger partial charge on any atom is 0.309 e. The number of ether oxygens (including phenoxy) is 1. The van der Waals surface area contributed by atoms with E-state index in [2.05, 4.69) is 15.9 Å². The van der Waals surface area contributed by atoms with E-state index in [1.807, 2.05) is 36.4 Å². The second-order valence-corrected chi connectivity index (χ2v) is 5.83. The van der Waals surface area contributed by atoms with Crippen molar-refractivity contribution in [3.8, 4) is 0 Å². The van der Waals surface area contributed by atoms with Crippen LogP contribution in [0, 0.1) is 11.8 Å². The van der Waals surface area contributed by atoms with Crippen LogP contribution in [0.25, 0.3) is 10.8 Å². The molecule has 102 valence electrons. The molecule has 0 saturated heterocycles. The van der Waals surface area contributed by atoms with Gasteiger partial charge in [-0.3, -0.25) is 9.59 Å². The highest BCUT2D eigenvalue weighted by atomic mass is 79.9. The number of fused-ring (bicyclic) bond motifs is 1. The van der Waals surface area contributed by atoms with E-state index in [1.165, 1.54) is 7.11 Å². The van der Waals surface area contributed by atoms with Crippen LogP contribution >= 0.6 is 15.9 Å². The highest BCUT2D eigenvalue weighted by Crippen LogP contribution is 2.43. The van der Waals surface area contributed by atoms with Gasteiger partial charge in [0, 0.05) is 16.0 Å². The molecule has 3 nitrogen and oxygen atoms in total. The minimum Gasteiger partial charge on any atom is -0.469 e. The van der Waals surface area contributed by atoms with Gasteiger partial charge in [0.05, 0.1) is 13.0 Å². The van der Waals surface area contributed by atoms with E-state index in [0.717, 1.165) is 15.2 Å². The highest BCUT2D eigenvalue weighted by molar-refractivity contribution is 9.10. The van der Waals surface area contributed by atoms with Crippen molar-refractivity contribution >= 4 is 38.5 Å². The Morgan fingerprint density at radius 3 is 2.50 bits per heavy atom. The van der Waals surface area contributed by atoms with Crippen LogP contribution in [0.4, 0.5) is 0 Å². The molecular formula is C16H13BrO3. The third-order valence-electron chi connectivity index (χ3n) is 3.77. The van der Waals surface area contributed by atoms with E-state index in [-0.39, 0.29) is 23.6 Å². The number of Topliss-reactive ketones (excluding diaryl/α,β-unsaturated/α-hetero) is 1. The maximum absolute atomic E-state index is 12.5. The highest BCUT2D eigenvalue weighted by Gasteiger charge is 2.49. The summed E-state index contributed by atoms with van der Waals surface area (Å²) in [6.07, 6.45) is 0.593. The SMILES string of the molecule is COC(=O)[C@H]1C[C@@H]1C(=O)c1ccc(Br)c2ccccc12. The lowest BCUT2D eigenvalue weighted by Gasteiger charge is -2.07. The average Bonchev–Trinajstić information content (AvgIpc) is 3.27. The molecular weight excluding hydrogens is 320 g/mol. The molecule has 1 aliphatic carbocycles. The minimum absolute atomic E-state index is 0.0316. The van der Waals surface area contributed by atoms with Gasteiger partial charge in [0.2, 0.25) is 0 Å². The number of halogens is 1. The second kappa shape index (κ2) is 5.02. The lowest BCUT2D eigenvalue weighted by Crippen LogP contribution is -2.10. The number of ketones is 1. The predicted octanol–water partition coefficient (Wildman–Crippen LogP) is 3.59. The van der Waals surface area contributed by atoms with Gasteiger partial charge >= 0.3 is 5.97 Å². The number of esters is 1. The molecule has 0 N–H and O–H groups in total. The maximum atomic E-state index is 12.5. The molecule has 0 amide bonds. The number of benzene rings is 2. The first-order valence-electron chi connectivity index (χ1n) is 6.42. The summed E-state index contributed by atoms with van der Waals surface area (Å²) < 4.78 is 5.66. The number of methoxy groups -OCH3 is 1. The van der Waals surface area contributed by atoms with E-state index < -0.39 is 0 Å². The second-order valence-electron chi connectivity index (χ2n) is 4.98. The summed E-state index contributed by atoms with van der Waals surface area (Å²) in [7, 11) is 1.36. The smallest absolute Gasteiger partial charge is 0.309 e. The molecule has 1 fully saturated rings. The molecule has 0 unspecified atom stereocenters. The Morgan fingerprint density at radius 1 is 1.10 bits per heavy atom. The van der Waals surface area contributed by atoms with Crippen molar-refractivity contribution in [1.82, 2.24) is 0 Å². The molecule has 1 saturated carbocycles. The molecule has 1 aliphatic rings.